The van der Waals surface area contributed by atoms with Crippen LogP contribution in [0.25, 0.3) is 0 Å². The van der Waals surface area contributed by atoms with Crippen LogP contribution in [-0.2, 0) is 0 Å². The maximum atomic E-state index is 5.87. The van der Waals surface area contributed by atoms with E-state index in [-0.39, 0.29) is 5.25 Å². The standard InChI is InChI=1S/C10H12BrN5S2/c11-9-4-3-7(17-9)8(5-12)18-10-13-14-15-16(10)6-1-2-6/h3-4,6,8H,1-2,5,12H2. The van der Waals surface area contributed by atoms with Gasteiger partial charge < -0.3 is 5.73 Å². The lowest BCUT2D eigenvalue weighted by atomic mass is 10.3. The summed E-state index contributed by atoms with van der Waals surface area (Å²) in [6.07, 6.45) is 2.35. The highest BCUT2D eigenvalue weighted by Gasteiger charge is 2.29. The molecular weight excluding hydrogens is 334 g/mol. The van der Waals surface area contributed by atoms with Gasteiger partial charge in [-0.3, -0.25) is 0 Å². The smallest absolute Gasteiger partial charge is 0.210 e. The van der Waals surface area contributed by atoms with Crippen molar-refractivity contribution >= 4 is 39.0 Å². The van der Waals surface area contributed by atoms with Gasteiger partial charge in [0.1, 0.15) is 0 Å². The molecule has 0 spiro atoms. The number of tetrazole rings is 1. The third-order valence-corrected chi connectivity index (χ3v) is 5.83. The van der Waals surface area contributed by atoms with E-state index in [4.69, 9.17) is 5.73 Å². The molecule has 2 aromatic rings. The number of hydrogen-bond acceptors (Lipinski definition) is 6. The van der Waals surface area contributed by atoms with Crippen molar-refractivity contribution in [3.8, 4) is 0 Å². The highest BCUT2D eigenvalue weighted by atomic mass is 79.9. The Morgan fingerprint density at radius 1 is 1.56 bits per heavy atom. The highest BCUT2D eigenvalue weighted by molar-refractivity contribution is 9.11. The van der Waals surface area contributed by atoms with E-state index in [1.165, 1.54) is 17.7 Å². The maximum Gasteiger partial charge on any atom is 0.210 e. The normalized spacial score (nSPS) is 17.0. The van der Waals surface area contributed by atoms with Gasteiger partial charge in [0.2, 0.25) is 5.16 Å². The summed E-state index contributed by atoms with van der Waals surface area (Å²) < 4.78 is 3.05. The predicted molar refractivity (Wildman–Crippen MR) is 75.8 cm³/mol. The molecule has 1 saturated carbocycles. The second kappa shape index (κ2) is 5.28. The molecule has 18 heavy (non-hydrogen) atoms. The summed E-state index contributed by atoms with van der Waals surface area (Å²) in [4.78, 5) is 1.25. The van der Waals surface area contributed by atoms with Crippen LogP contribution in [0, 0.1) is 0 Å². The molecule has 0 saturated heterocycles. The number of thiophene rings is 1. The minimum Gasteiger partial charge on any atom is -0.329 e. The van der Waals surface area contributed by atoms with Gasteiger partial charge in [0.15, 0.2) is 0 Å². The lowest BCUT2D eigenvalue weighted by Crippen LogP contribution is -2.09. The lowest BCUT2D eigenvalue weighted by Gasteiger charge is -2.11. The molecule has 2 heterocycles. The Morgan fingerprint density at radius 3 is 3.00 bits per heavy atom. The van der Waals surface area contributed by atoms with Gasteiger partial charge >= 0.3 is 0 Å². The summed E-state index contributed by atoms with van der Waals surface area (Å²) in [5.41, 5.74) is 5.87. The number of nitrogens with two attached hydrogens (primary N) is 1. The first-order chi connectivity index (χ1) is 8.78. The second-order valence-corrected chi connectivity index (χ2v) is 7.79. The molecule has 0 radical (unpaired) electrons. The van der Waals surface area contributed by atoms with Gasteiger partial charge in [-0.2, -0.15) is 0 Å². The Morgan fingerprint density at radius 2 is 2.39 bits per heavy atom. The van der Waals surface area contributed by atoms with Gasteiger partial charge in [-0.15, -0.1) is 16.4 Å². The molecule has 0 aromatic carbocycles. The summed E-state index contributed by atoms with van der Waals surface area (Å²) in [6.45, 7) is 0.579. The number of rotatable bonds is 5. The van der Waals surface area contributed by atoms with Crippen molar-refractivity contribution in [3.05, 3.63) is 20.8 Å². The number of aromatic nitrogens is 4. The zero-order valence-electron chi connectivity index (χ0n) is 9.49. The molecule has 1 unspecified atom stereocenters. The molecule has 96 valence electrons. The summed E-state index contributed by atoms with van der Waals surface area (Å²) in [5, 5.41) is 13.0. The van der Waals surface area contributed by atoms with Crippen molar-refractivity contribution in [1.82, 2.24) is 20.2 Å². The van der Waals surface area contributed by atoms with Crippen LogP contribution in [-0.4, -0.2) is 26.8 Å². The predicted octanol–water partition coefficient (Wildman–Crippen LogP) is 2.62. The minimum atomic E-state index is 0.213. The van der Waals surface area contributed by atoms with Crippen LogP contribution in [0.3, 0.4) is 0 Å². The fraction of sp³-hybridized carbons (Fsp3) is 0.500. The van der Waals surface area contributed by atoms with Crippen molar-refractivity contribution in [3.63, 3.8) is 0 Å². The molecule has 5 nitrogen and oxygen atoms in total. The Hall–Kier alpha value is -0.440. The van der Waals surface area contributed by atoms with Crippen molar-refractivity contribution < 1.29 is 0 Å². The zero-order chi connectivity index (χ0) is 12.5. The molecule has 1 atom stereocenters. The average molecular weight is 346 g/mol. The van der Waals surface area contributed by atoms with Crippen LogP contribution < -0.4 is 5.73 Å². The fourth-order valence-corrected chi connectivity index (χ4v) is 4.29. The largest absolute Gasteiger partial charge is 0.329 e. The van der Waals surface area contributed by atoms with Crippen LogP contribution in [0.2, 0.25) is 0 Å². The van der Waals surface area contributed by atoms with E-state index < -0.39 is 0 Å². The first kappa shape index (κ1) is 12.6. The zero-order valence-corrected chi connectivity index (χ0v) is 12.7. The highest BCUT2D eigenvalue weighted by Crippen LogP contribution is 2.41. The Bertz CT molecular complexity index is 536. The molecule has 3 rings (SSSR count). The van der Waals surface area contributed by atoms with Crippen LogP contribution in [0.15, 0.2) is 21.1 Å². The summed E-state index contributed by atoms with van der Waals surface area (Å²) in [5.74, 6) is 0. The van der Waals surface area contributed by atoms with E-state index in [1.54, 1.807) is 23.1 Å². The molecule has 8 heteroatoms. The molecule has 1 aliphatic carbocycles. The minimum absolute atomic E-state index is 0.213. The molecule has 1 aliphatic rings. The monoisotopic (exact) mass is 345 g/mol. The Kier molecular flexibility index (Phi) is 3.69. The quantitative estimate of drug-likeness (QED) is 0.843. The van der Waals surface area contributed by atoms with Crippen LogP contribution >= 0.6 is 39.0 Å². The number of nitrogens with zero attached hydrogens (tertiary/aromatic N) is 4. The summed E-state index contributed by atoms with van der Waals surface area (Å²) >= 11 is 6.84. The van der Waals surface area contributed by atoms with Gasteiger partial charge in [0.05, 0.1) is 15.1 Å². The van der Waals surface area contributed by atoms with Crippen molar-refractivity contribution in [2.75, 3.05) is 6.54 Å². The van der Waals surface area contributed by atoms with Gasteiger partial charge in [0, 0.05) is 11.4 Å². The molecular formula is C10H12BrN5S2. The number of halogens is 1. The van der Waals surface area contributed by atoms with Gasteiger partial charge in [-0.25, -0.2) is 4.68 Å². The Labute approximate surface area is 121 Å². The van der Waals surface area contributed by atoms with Crippen molar-refractivity contribution in [2.45, 2.75) is 29.3 Å². The average Bonchev–Trinajstić information content (AvgIpc) is 2.96. The van der Waals surface area contributed by atoms with Crippen molar-refractivity contribution in [2.24, 2.45) is 5.73 Å². The van der Waals surface area contributed by atoms with Crippen LogP contribution in [0.1, 0.15) is 29.0 Å². The lowest BCUT2D eigenvalue weighted by molar-refractivity contribution is 0.564. The molecule has 2 aromatic heterocycles. The SMILES string of the molecule is NCC(Sc1nnnn1C1CC1)c1ccc(Br)s1. The van der Waals surface area contributed by atoms with Crippen LogP contribution in [0.4, 0.5) is 0 Å². The van der Waals surface area contributed by atoms with E-state index in [0.29, 0.717) is 12.6 Å². The first-order valence-electron chi connectivity index (χ1n) is 5.67. The van der Waals surface area contributed by atoms with Gasteiger partial charge in [0.25, 0.3) is 0 Å². The van der Waals surface area contributed by atoms with Crippen molar-refractivity contribution in [1.29, 1.82) is 0 Å². The number of hydrogen-bond donors (Lipinski definition) is 1. The van der Waals surface area contributed by atoms with E-state index >= 15 is 0 Å². The third kappa shape index (κ3) is 2.61. The molecule has 0 bridgehead atoms. The van der Waals surface area contributed by atoms with E-state index in [0.717, 1.165) is 8.94 Å². The summed E-state index contributed by atoms with van der Waals surface area (Å²) in [7, 11) is 0. The van der Waals surface area contributed by atoms with E-state index in [9.17, 15) is 0 Å². The third-order valence-electron chi connectivity index (χ3n) is 2.73. The second-order valence-electron chi connectivity index (χ2n) is 4.12. The number of thioether (sulfide) groups is 1. The molecule has 0 amide bonds. The van der Waals surface area contributed by atoms with Crippen LogP contribution in [0.5, 0.6) is 0 Å². The maximum absolute atomic E-state index is 5.87. The molecule has 1 fully saturated rings. The fourth-order valence-electron chi connectivity index (χ4n) is 1.66. The van der Waals surface area contributed by atoms with E-state index in [2.05, 4.69) is 37.5 Å². The Balaban J connectivity index is 1.78. The summed E-state index contributed by atoms with van der Waals surface area (Å²) in [6, 6.07) is 4.65. The van der Waals surface area contributed by atoms with Gasteiger partial charge in [-0.1, -0.05) is 11.8 Å². The molecule has 0 aliphatic heterocycles. The van der Waals surface area contributed by atoms with E-state index in [1.807, 2.05) is 10.7 Å². The first-order valence-corrected chi connectivity index (χ1v) is 8.16. The topological polar surface area (TPSA) is 69.6 Å². The van der Waals surface area contributed by atoms with Gasteiger partial charge in [-0.05, 0) is 51.3 Å². The molecule has 2 N–H and O–H groups in total.